The fraction of sp³-hybridized carbons (Fsp3) is 0.0800. The van der Waals surface area contributed by atoms with E-state index in [1.807, 2.05) is 37.3 Å². The maximum absolute atomic E-state index is 13.0. The van der Waals surface area contributed by atoms with Gasteiger partial charge >= 0.3 is 0 Å². The molecule has 6 nitrogen and oxygen atoms in total. The zero-order chi connectivity index (χ0) is 22.9. The SMILES string of the molecule is Cc1ccccc1NC(=O)COc1ccc(/C=C(\C#N)C(=O)Nc2ccc(F)cc2)cc1. The molecule has 3 aromatic rings. The predicted octanol–water partition coefficient (Wildman–Crippen LogP) is 4.70. The van der Waals surface area contributed by atoms with Crippen LogP contribution in [0.25, 0.3) is 6.08 Å². The van der Waals surface area contributed by atoms with Crippen molar-refractivity contribution in [1.82, 2.24) is 0 Å². The molecule has 0 saturated heterocycles. The molecular formula is C25H20FN3O3. The van der Waals surface area contributed by atoms with Crippen LogP contribution in [0, 0.1) is 24.1 Å². The number of aryl methyl sites for hydroxylation is 1. The summed E-state index contributed by atoms with van der Waals surface area (Å²) in [6, 6.07) is 21.1. The number of rotatable bonds is 7. The van der Waals surface area contributed by atoms with Crippen molar-refractivity contribution in [3.63, 3.8) is 0 Å². The van der Waals surface area contributed by atoms with Crippen LogP contribution in [-0.2, 0) is 9.59 Å². The van der Waals surface area contributed by atoms with Gasteiger partial charge in [0, 0.05) is 11.4 Å². The summed E-state index contributed by atoms with van der Waals surface area (Å²) in [5.74, 6) is -0.842. The van der Waals surface area contributed by atoms with Gasteiger partial charge in [-0.1, -0.05) is 30.3 Å². The minimum Gasteiger partial charge on any atom is -0.484 e. The molecule has 0 heterocycles. The normalized spacial score (nSPS) is 10.7. The Bertz CT molecular complexity index is 1180. The topological polar surface area (TPSA) is 91.2 Å². The molecule has 0 aliphatic heterocycles. The van der Waals surface area contributed by atoms with Crippen LogP contribution < -0.4 is 15.4 Å². The van der Waals surface area contributed by atoms with Gasteiger partial charge in [-0.15, -0.1) is 0 Å². The number of amides is 2. The number of anilines is 2. The van der Waals surface area contributed by atoms with Crippen molar-refractivity contribution in [2.24, 2.45) is 0 Å². The van der Waals surface area contributed by atoms with E-state index >= 15 is 0 Å². The van der Waals surface area contributed by atoms with Gasteiger partial charge in [-0.2, -0.15) is 5.26 Å². The average Bonchev–Trinajstić information content (AvgIpc) is 2.80. The second-order valence-electron chi connectivity index (χ2n) is 6.85. The van der Waals surface area contributed by atoms with Crippen LogP contribution in [0.3, 0.4) is 0 Å². The van der Waals surface area contributed by atoms with Crippen LogP contribution in [0.1, 0.15) is 11.1 Å². The average molecular weight is 429 g/mol. The first-order valence-corrected chi connectivity index (χ1v) is 9.71. The lowest BCUT2D eigenvalue weighted by Crippen LogP contribution is -2.20. The number of hydrogen-bond acceptors (Lipinski definition) is 4. The number of nitrogens with one attached hydrogen (secondary N) is 2. The summed E-state index contributed by atoms with van der Waals surface area (Å²) in [5, 5.41) is 14.6. The molecule has 0 saturated carbocycles. The first kappa shape index (κ1) is 22.2. The van der Waals surface area contributed by atoms with Crippen molar-refractivity contribution in [2.75, 3.05) is 17.2 Å². The molecule has 0 aliphatic carbocycles. The van der Waals surface area contributed by atoms with E-state index in [2.05, 4.69) is 10.6 Å². The molecule has 0 radical (unpaired) electrons. The molecule has 0 fully saturated rings. The number of nitrogens with zero attached hydrogens (tertiary/aromatic N) is 1. The van der Waals surface area contributed by atoms with Crippen LogP contribution in [0.4, 0.5) is 15.8 Å². The predicted molar refractivity (Wildman–Crippen MR) is 120 cm³/mol. The number of ether oxygens (including phenoxy) is 1. The van der Waals surface area contributed by atoms with Crippen molar-refractivity contribution >= 4 is 29.3 Å². The molecule has 0 aliphatic rings. The zero-order valence-corrected chi connectivity index (χ0v) is 17.3. The third-order valence-electron chi connectivity index (χ3n) is 4.45. The highest BCUT2D eigenvalue weighted by atomic mass is 19.1. The van der Waals surface area contributed by atoms with Gasteiger partial charge in [-0.3, -0.25) is 9.59 Å². The van der Waals surface area contributed by atoms with E-state index in [0.717, 1.165) is 11.3 Å². The van der Waals surface area contributed by atoms with Crippen LogP contribution in [0.5, 0.6) is 5.75 Å². The first-order valence-electron chi connectivity index (χ1n) is 9.71. The summed E-state index contributed by atoms with van der Waals surface area (Å²) < 4.78 is 18.5. The third kappa shape index (κ3) is 6.28. The molecule has 0 atom stereocenters. The third-order valence-corrected chi connectivity index (χ3v) is 4.45. The highest BCUT2D eigenvalue weighted by molar-refractivity contribution is 6.09. The molecule has 160 valence electrons. The molecule has 3 rings (SSSR count). The van der Waals surface area contributed by atoms with Gasteiger partial charge in [0.1, 0.15) is 23.2 Å². The molecule has 2 N–H and O–H groups in total. The summed E-state index contributed by atoms with van der Waals surface area (Å²) in [5.41, 5.74) is 2.55. The molecular weight excluding hydrogens is 409 g/mol. The van der Waals surface area contributed by atoms with Crippen molar-refractivity contribution in [1.29, 1.82) is 5.26 Å². The van der Waals surface area contributed by atoms with Crippen molar-refractivity contribution in [3.8, 4) is 11.8 Å². The van der Waals surface area contributed by atoms with Crippen LogP contribution >= 0.6 is 0 Å². The number of carbonyl (C=O) groups is 2. The molecule has 3 aromatic carbocycles. The van der Waals surface area contributed by atoms with E-state index in [0.29, 0.717) is 17.0 Å². The highest BCUT2D eigenvalue weighted by Crippen LogP contribution is 2.17. The Morgan fingerprint density at radius 1 is 1.00 bits per heavy atom. The van der Waals surface area contributed by atoms with Gasteiger partial charge in [0.25, 0.3) is 11.8 Å². The van der Waals surface area contributed by atoms with E-state index in [-0.39, 0.29) is 18.1 Å². The van der Waals surface area contributed by atoms with Crippen molar-refractivity contribution in [2.45, 2.75) is 6.92 Å². The highest BCUT2D eigenvalue weighted by Gasteiger charge is 2.10. The van der Waals surface area contributed by atoms with Gasteiger partial charge in [-0.25, -0.2) is 4.39 Å². The fourth-order valence-electron chi connectivity index (χ4n) is 2.76. The molecule has 0 aromatic heterocycles. The molecule has 0 unspecified atom stereocenters. The van der Waals surface area contributed by atoms with E-state index in [4.69, 9.17) is 4.74 Å². The number of nitriles is 1. The Balaban J connectivity index is 1.57. The van der Waals surface area contributed by atoms with Gasteiger partial charge in [-0.05, 0) is 66.6 Å². The number of hydrogen-bond donors (Lipinski definition) is 2. The Hall–Kier alpha value is -4.44. The lowest BCUT2D eigenvalue weighted by molar-refractivity contribution is -0.118. The summed E-state index contributed by atoms with van der Waals surface area (Å²) in [7, 11) is 0. The van der Waals surface area contributed by atoms with E-state index in [1.165, 1.54) is 30.3 Å². The Labute approximate surface area is 185 Å². The van der Waals surface area contributed by atoms with E-state index in [1.54, 1.807) is 24.3 Å². The van der Waals surface area contributed by atoms with Crippen LogP contribution in [-0.4, -0.2) is 18.4 Å². The first-order chi connectivity index (χ1) is 15.4. The monoisotopic (exact) mass is 429 g/mol. The number of halogens is 1. The van der Waals surface area contributed by atoms with E-state index in [9.17, 15) is 19.2 Å². The summed E-state index contributed by atoms with van der Waals surface area (Å²) in [4.78, 5) is 24.4. The quantitative estimate of drug-likeness (QED) is 0.421. The summed E-state index contributed by atoms with van der Waals surface area (Å²) >= 11 is 0. The maximum atomic E-state index is 13.0. The minimum absolute atomic E-state index is 0.111. The number of para-hydroxylation sites is 1. The van der Waals surface area contributed by atoms with Gasteiger partial charge in [0.05, 0.1) is 0 Å². The number of carbonyl (C=O) groups excluding carboxylic acids is 2. The standard InChI is InChI=1S/C25H20FN3O3/c1-17-4-2-3-5-23(17)29-24(30)16-32-22-12-6-18(7-13-22)14-19(15-27)25(31)28-21-10-8-20(26)9-11-21/h2-14H,16H2,1H3,(H,28,31)(H,29,30)/b19-14+. The lowest BCUT2D eigenvalue weighted by atomic mass is 10.1. The maximum Gasteiger partial charge on any atom is 0.266 e. The van der Waals surface area contributed by atoms with Crippen LogP contribution in [0.15, 0.2) is 78.4 Å². The Morgan fingerprint density at radius 2 is 1.69 bits per heavy atom. The molecule has 0 bridgehead atoms. The second-order valence-corrected chi connectivity index (χ2v) is 6.85. The van der Waals surface area contributed by atoms with Gasteiger partial charge in [0.2, 0.25) is 0 Å². The van der Waals surface area contributed by atoms with Crippen molar-refractivity contribution < 1.29 is 18.7 Å². The smallest absolute Gasteiger partial charge is 0.266 e. The van der Waals surface area contributed by atoms with E-state index < -0.39 is 11.7 Å². The Kier molecular flexibility index (Phi) is 7.33. The molecule has 0 spiro atoms. The Morgan fingerprint density at radius 3 is 2.34 bits per heavy atom. The lowest BCUT2D eigenvalue weighted by Gasteiger charge is -2.09. The summed E-state index contributed by atoms with van der Waals surface area (Å²) in [6.45, 7) is 1.74. The number of benzene rings is 3. The van der Waals surface area contributed by atoms with Gasteiger partial charge in [0.15, 0.2) is 6.61 Å². The molecule has 2 amide bonds. The second kappa shape index (κ2) is 10.5. The summed E-state index contributed by atoms with van der Waals surface area (Å²) in [6.07, 6.45) is 1.42. The van der Waals surface area contributed by atoms with Gasteiger partial charge < -0.3 is 15.4 Å². The molecule has 32 heavy (non-hydrogen) atoms. The van der Waals surface area contributed by atoms with Crippen molar-refractivity contribution in [3.05, 3.63) is 95.3 Å². The fourth-order valence-corrected chi connectivity index (χ4v) is 2.76. The van der Waals surface area contributed by atoms with Crippen LogP contribution in [0.2, 0.25) is 0 Å². The minimum atomic E-state index is -0.604. The molecule has 7 heteroatoms. The zero-order valence-electron chi connectivity index (χ0n) is 17.3. The largest absolute Gasteiger partial charge is 0.484 e.